The molecule has 0 aliphatic rings. The summed E-state index contributed by atoms with van der Waals surface area (Å²) in [5, 5.41) is 34.2. The van der Waals surface area contributed by atoms with Crippen molar-refractivity contribution in [3.8, 4) is 5.75 Å². The molecule has 12 heteroatoms. The SMILES string of the molecule is O=C(O)c1ccccc1NS(=O)(=O)c1ccc(N/N=C\c2ccccc2O)c([N+](=O)[O-])c1. The van der Waals surface area contributed by atoms with Crippen LogP contribution in [0.2, 0.25) is 0 Å². The molecule has 0 saturated carbocycles. The molecule has 0 aromatic heterocycles. The van der Waals surface area contributed by atoms with E-state index in [1.165, 1.54) is 36.5 Å². The van der Waals surface area contributed by atoms with E-state index in [4.69, 9.17) is 0 Å². The third-order valence-corrected chi connectivity index (χ3v) is 5.57. The van der Waals surface area contributed by atoms with Crippen LogP contribution in [-0.4, -0.2) is 35.7 Å². The van der Waals surface area contributed by atoms with E-state index >= 15 is 0 Å². The Hall–Kier alpha value is -4.45. The maximum Gasteiger partial charge on any atom is 0.337 e. The predicted octanol–water partition coefficient (Wildman–Crippen LogP) is 3.25. The van der Waals surface area contributed by atoms with E-state index in [-0.39, 0.29) is 22.7 Å². The van der Waals surface area contributed by atoms with Gasteiger partial charge in [-0.15, -0.1) is 0 Å². The number of hydrogen-bond donors (Lipinski definition) is 4. The van der Waals surface area contributed by atoms with Crippen molar-refractivity contribution < 1.29 is 28.3 Å². The van der Waals surface area contributed by atoms with Crippen LogP contribution >= 0.6 is 0 Å². The predicted molar refractivity (Wildman–Crippen MR) is 117 cm³/mol. The number of para-hydroxylation sites is 2. The average Bonchev–Trinajstić information content (AvgIpc) is 2.75. The van der Waals surface area contributed by atoms with Crippen LogP contribution in [-0.2, 0) is 10.0 Å². The average molecular weight is 456 g/mol. The van der Waals surface area contributed by atoms with Crippen LogP contribution in [0.4, 0.5) is 17.1 Å². The Morgan fingerprint density at radius 2 is 1.72 bits per heavy atom. The van der Waals surface area contributed by atoms with Crippen molar-refractivity contribution in [1.29, 1.82) is 0 Å². The molecule has 3 rings (SSSR count). The molecule has 0 heterocycles. The van der Waals surface area contributed by atoms with Crippen molar-refractivity contribution in [2.75, 3.05) is 10.1 Å². The molecule has 32 heavy (non-hydrogen) atoms. The minimum atomic E-state index is -4.33. The number of nitrogens with zero attached hydrogens (tertiary/aromatic N) is 2. The van der Waals surface area contributed by atoms with E-state index in [9.17, 15) is 33.5 Å². The molecule has 0 saturated heterocycles. The zero-order chi connectivity index (χ0) is 23.3. The van der Waals surface area contributed by atoms with E-state index in [1.807, 2.05) is 0 Å². The van der Waals surface area contributed by atoms with Crippen LogP contribution in [0, 0.1) is 10.1 Å². The van der Waals surface area contributed by atoms with Crippen LogP contribution in [0.15, 0.2) is 76.7 Å². The number of nitro groups is 1. The standard InChI is InChI=1S/C20H16N4O7S/c25-19-8-4-1-5-13(19)12-21-22-17-10-9-14(11-18(17)24(28)29)32(30,31)23-16-7-3-2-6-15(16)20(26)27/h1-12,22-23,25H,(H,26,27)/b21-12-. The summed E-state index contributed by atoms with van der Waals surface area (Å²) >= 11 is 0. The molecule has 3 aromatic carbocycles. The monoisotopic (exact) mass is 456 g/mol. The van der Waals surface area contributed by atoms with Crippen LogP contribution in [0.5, 0.6) is 5.75 Å². The van der Waals surface area contributed by atoms with E-state index in [0.29, 0.717) is 5.56 Å². The summed E-state index contributed by atoms with van der Waals surface area (Å²) in [6.07, 6.45) is 1.24. The van der Waals surface area contributed by atoms with E-state index in [1.54, 1.807) is 18.2 Å². The van der Waals surface area contributed by atoms with E-state index < -0.39 is 31.5 Å². The molecule has 11 nitrogen and oxygen atoms in total. The Labute approximate surface area is 181 Å². The van der Waals surface area contributed by atoms with Crippen molar-refractivity contribution >= 4 is 39.3 Å². The van der Waals surface area contributed by atoms with Crippen LogP contribution < -0.4 is 10.1 Å². The molecule has 0 unspecified atom stereocenters. The number of nitrogens with one attached hydrogen (secondary N) is 2. The van der Waals surface area contributed by atoms with E-state index in [0.717, 1.165) is 18.2 Å². The summed E-state index contributed by atoms with van der Waals surface area (Å²) in [5.41, 5.74) is 1.69. The lowest BCUT2D eigenvalue weighted by Gasteiger charge is -2.11. The van der Waals surface area contributed by atoms with Gasteiger partial charge in [-0.05, 0) is 36.4 Å². The summed E-state index contributed by atoms with van der Waals surface area (Å²) < 4.78 is 27.5. The Balaban J connectivity index is 1.89. The summed E-state index contributed by atoms with van der Waals surface area (Å²) in [4.78, 5) is 21.5. The van der Waals surface area contributed by atoms with Gasteiger partial charge in [0.1, 0.15) is 11.4 Å². The molecule has 0 fully saturated rings. The van der Waals surface area contributed by atoms with Gasteiger partial charge in [-0.1, -0.05) is 24.3 Å². The van der Waals surface area contributed by atoms with Crippen LogP contribution in [0.1, 0.15) is 15.9 Å². The molecule has 0 aliphatic heterocycles. The highest BCUT2D eigenvalue weighted by Gasteiger charge is 2.23. The summed E-state index contributed by atoms with van der Waals surface area (Å²) in [6.45, 7) is 0. The van der Waals surface area contributed by atoms with Crippen LogP contribution in [0.3, 0.4) is 0 Å². The second kappa shape index (κ2) is 9.14. The number of hydrazone groups is 1. The highest BCUT2D eigenvalue weighted by atomic mass is 32.2. The molecule has 164 valence electrons. The molecule has 3 aromatic rings. The molecule has 0 radical (unpaired) electrons. The molecule has 4 N–H and O–H groups in total. The van der Waals surface area contributed by atoms with Crippen LogP contribution in [0.25, 0.3) is 0 Å². The Kier molecular flexibility index (Phi) is 6.35. The van der Waals surface area contributed by atoms with Gasteiger partial charge in [0.2, 0.25) is 0 Å². The fourth-order valence-corrected chi connectivity index (χ4v) is 3.75. The lowest BCUT2D eigenvalue weighted by atomic mass is 10.2. The lowest BCUT2D eigenvalue weighted by Crippen LogP contribution is -2.16. The largest absolute Gasteiger partial charge is 0.507 e. The van der Waals surface area contributed by atoms with Gasteiger partial charge in [-0.25, -0.2) is 13.2 Å². The number of sulfonamides is 1. The molecular weight excluding hydrogens is 440 g/mol. The Bertz CT molecular complexity index is 1320. The third kappa shape index (κ3) is 4.99. The number of rotatable bonds is 8. The van der Waals surface area contributed by atoms with Gasteiger partial charge >= 0.3 is 5.97 Å². The topological polar surface area (TPSA) is 171 Å². The number of carbonyl (C=O) groups is 1. The zero-order valence-corrected chi connectivity index (χ0v) is 17.0. The number of hydrogen-bond acceptors (Lipinski definition) is 8. The van der Waals surface area contributed by atoms with Gasteiger partial charge in [0.25, 0.3) is 15.7 Å². The number of phenolic OH excluding ortho intramolecular Hbond substituents is 1. The first kappa shape index (κ1) is 22.2. The number of carboxylic acids is 1. The number of carboxylic acid groups (broad SMARTS) is 1. The maximum absolute atomic E-state index is 12.7. The number of anilines is 2. The van der Waals surface area contributed by atoms with Crippen molar-refractivity contribution in [2.45, 2.75) is 4.90 Å². The van der Waals surface area contributed by atoms with Crippen molar-refractivity contribution in [1.82, 2.24) is 0 Å². The van der Waals surface area contributed by atoms with Gasteiger partial charge in [0, 0.05) is 11.6 Å². The van der Waals surface area contributed by atoms with Gasteiger partial charge < -0.3 is 10.2 Å². The fraction of sp³-hybridized carbons (Fsp3) is 0. The van der Waals surface area contributed by atoms with Gasteiger partial charge in [0.15, 0.2) is 0 Å². The number of benzene rings is 3. The fourth-order valence-electron chi connectivity index (χ4n) is 2.65. The number of aromatic hydroxyl groups is 1. The normalized spacial score (nSPS) is 11.2. The number of nitro benzene ring substituents is 1. The maximum atomic E-state index is 12.7. The van der Waals surface area contributed by atoms with Crippen molar-refractivity contribution in [3.63, 3.8) is 0 Å². The van der Waals surface area contributed by atoms with E-state index in [2.05, 4.69) is 15.2 Å². The molecule has 0 atom stereocenters. The first-order valence-corrected chi connectivity index (χ1v) is 10.4. The number of phenols is 1. The van der Waals surface area contributed by atoms with Crippen molar-refractivity contribution in [3.05, 3.63) is 88.0 Å². The quantitative estimate of drug-likeness (QED) is 0.227. The van der Waals surface area contributed by atoms with Gasteiger partial charge in [-0.2, -0.15) is 5.10 Å². The molecule has 0 aliphatic carbocycles. The molecule has 0 bridgehead atoms. The zero-order valence-electron chi connectivity index (χ0n) is 16.2. The highest BCUT2D eigenvalue weighted by molar-refractivity contribution is 7.92. The third-order valence-electron chi connectivity index (χ3n) is 4.20. The first-order valence-electron chi connectivity index (χ1n) is 8.89. The Morgan fingerprint density at radius 3 is 2.41 bits per heavy atom. The summed E-state index contributed by atoms with van der Waals surface area (Å²) in [6, 6.07) is 14.7. The highest BCUT2D eigenvalue weighted by Crippen LogP contribution is 2.29. The minimum Gasteiger partial charge on any atom is -0.507 e. The summed E-state index contributed by atoms with van der Waals surface area (Å²) in [7, 11) is -4.33. The molecule has 0 amide bonds. The Morgan fingerprint density at radius 1 is 1.03 bits per heavy atom. The van der Waals surface area contributed by atoms with Gasteiger partial charge in [0.05, 0.1) is 27.3 Å². The second-order valence-electron chi connectivity index (χ2n) is 6.32. The second-order valence-corrected chi connectivity index (χ2v) is 8.00. The van der Waals surface area contributed by atoms with Gasteiger partial charge in [-0.3, -0.25) is 20.3 Å². The smallest absolute Gasteiger partial charge is 0.337 e. The minimum absolute atomic E-state index is 0.0401. The van der Waals surface area contributed by atoms with Crippen molar-refractivity contribution in [2.24, 2.45) is 5.10 Å². The lowest BCUT2D eigenvalue weighted by molar-refractivity contribution is -0.384. The summed E-state index contributed by atoms with van der Waals surface area (Å²) in [5.74, 6) is -1.38. The molecule has 0 spiro atoms. The molecular formula is C20H16N4O7S. The number of aromatic carboxylic acids is 1. The first-order chi connectivity index (χ1) is 15.2.